The van der Waals surface area contributed by atoms with Crippen molar-refractivity contribution in [2.75, 3.05) is 0 Å². The number of carbonyl (C=O) groups is 3. The number of aliphatic imine (C=N–C) groups is 2. The van der Waals surface area contributed by atoms with Crippen molar-refractivity contribution >= 4 is 30.0 Å². The van der Waals surface area contributed by atoms with Crippen LogP contribution in [-0.4, -0.2) is 45.3 Å². The zero-order valence-electron chi connectivity index (χ0n) is 15.6. The third-order valence-corrected chi connectivity index (χ3v) is 4.86. The summed E-state index contributed by atoms with van der Waals surface area (Å²) in [5.41, 5.74) is -3.40. The largest absolute Gasteiger partial charge is 0.478 e. The van der Waals surface area contributed by atoms with Crippen LogP contribution in [0.2, 0.25) is 0 Å². The molecule has 0 amide bonds. The van der Waals surface area contributed by atoms with Gasteiger partial charge in [-0.2, -0.15) is 5.26 Å². The Bertz CT molecular complexity index is 1160. The fourth-order valence-electron chi connectivity index (χ4n) is 3.35. The lowest BCUT2D eigenvalue weighted by Crippen LogP contribution is -2.34. The van der Waals surface area contributed by atoms with Crippen molar-refractivity contribution in [1.82, 2.24) is 0 Å². The van der Waals surface area contributed by atoms with Crippen LogP contribution >= 0.6 is 0 Å². The van der Waals surface area contributed by atoms with Gasteiger partial charge in [0.05, 0.1) is 28.7 Å². The Morgan fingerprint density at radius 1 is 0.967 bits per heavy atom. The summed E-state index contributed by atoms with van der Waals surface area (Å²) in [5, 5.41) is 38.3. The van der Waals surface area contributed by atoms with Crippen molar-refractivity contribution in [2.45, 2.75) is 12.5 Å². The van der Waals surface area contributed by atoms with E-state index in [0.717, 1.165) is 6.07 Å². The van der Waals surface area contributed by atoms with E-state index in [1.54, 1.807) is 30.3 Å². The minimum Gasteiger partial charge on any atom is -0.478 e. The molecule has 9 heteroatoms. The standard InChI is InChI=1S/C21H15N3O6/c1-11(9-22)21(10-23-17(24-21)12-5-3-2-4-6-12)14-8-7-13(18(25)26)15(19(27)28)16(14)20(29)30/h2-8,10-11H,1H3,(H,25,26)(H,27,28)(H,29,30). The third-order valence-electron chi connectivity index (χ3n) is 4.86. The van der Waals surface area contributed by atoms with Gasteiger partial charge in [-0.15, -0.1) is 0 Å². The lowest BCUT2D eigenvalue weighted by atomic mass is 9.77. The van der Waals surface area contributed by atoms with Crippen LogP contribution in [0.4, 0.5) is 0 Å². The Balaban J connectivity index is 2.37. The molecule has 9 nitrogen and oxygen atoms in total. The topological polar surface area (TPSA) is 160 Å². The van der Waals surface area contributed by atoms with Crippen LogP contribution < -0.4 is 0 Å². The van der Waals surface area contributed by atoms with E-state index in [1.165, 1.54) is 19.2 Å². The second kappa shape index (κ2) is 7.60. The van der Waals surface area contributed by atoms with Crippen LogP contribution in [-0.2, 0) is 5.54 Å². The summed E-state index contributed by atoms with van der Waals surface area (Å²) in [6, 6.07) is 13.0. The summed E-state index contributed by atoms with van der Waals surface area (Å²) in [5.74, 6) is -5.64. The van der Waals surface area contributed by atoms with E-state index in [9.17, 15) is 35.0 Å². The molecule has 1 aliphatic heterocycles. The lowest BCUT2D eigenvalue weighted by Gasteiger charge is -2.28. The Labute approximate surface area is 170 Å². The first-order valence-electron chi connectivity index (χ1n) is 8.70. The molecule has 0 aromatic heterocycles. The summed E-state index contributed by atoms with van der Waals surface area (Å²) in [4.78, 5) is 44.1. The third kappa shape index (κ3) is 3.20. The van der Waals surface area contributed by atoms with Gasteiger partial charge in [-0.1, -0.05) is 36.4 Å². The number of amidine groups is 1. The van der Waals surface area contributed by atoms with Gasteiger partial charge in [0.25, 0.3) is 0 Å². The normalized spacial score (nSPS) is 18.3. The Morgan fingerprint density at radius 3 is 2.13 bits per heavy atom. The summed E-state index contributed by atoms with van der Waals surface area (Å²) in [6.07, 6.45) is 1.30. The molecule has 0 bridgehead atoms. The minimum atomic E-state index is -1.71. The minimum absolute atomic E-state index is 0.124. The van der Waals surface area contributed by atoms with Gasteiger partial charge in [-0.05, 0) is 13.0 Å². The number of nitriles is 1. The lowest BCUT2D eigenvalue weighted by molar-refractivity contribution is 0.0631. The van der Waals surface area contributed by atoms with Crippen molar-refractivity contribution < 1.29 is 29.7 Å². The highest BCUT2D eigenvalue weighted by Gasteiger charge is 2.44. The Morgan fingerprint density at radius 2 is 1.60 bits per heavy atom. The molecule has 1 heterocycles. The molecule has 2 atom stereocenters. The van der Waals surface area contributed by atoms with Crippen molar-refractivity contribution in [1.29, 1.82) is 5.26 Å². The van der Waals surface area contributed by atoms with Gasteiger partial charge in [0.15, 0.2) is 5.84 Å². The molecular weight excluding hydrogens is 390 g/mol. The molecule has 30 heavy (non-hydrogen) atoms. The molecule has 2 aromatic rings. The summed E-state index contributed by atoms with van der Waals surface area (Å²) < 4.78 is 0. The molecule has 0 fully saturated rings. The Kier molecular flexibility index (Phi) is 5.17. The smallest absolute Gasteiger partial charge is 0.337 e. The van der Waals surface area contributed by atoms with Crippen molar-refractivity contribution in [3.05, 3.63) is 70.3 Å². The van der Waals surface area contributed by atoms with Gasteiger partial charge >= 0.3 is 17.9 Å². The van der Waals surface area contributed by atoms with Crippen molar-refractivity contribution in [3.8, 4) is 6.07 Å². The molecule has 150 valence electrons. The second-order valence-corrected chi connectivity index (χ2v) is 6.56. The van der Waals surface area contributed by atoms with Gasteiger partial charge in [-0.25, -0.2) is 24.4 Å². The highest BCUT2D eigenvalue weighted by atomic mass is 16.4. The molecule has 0 spiro atoms. The summed E-state index contributed by atoms with van der Waals surface area (Å²) in [6.45, 7) is 1.50. The zero-order valence-corrected chi connectivity index (χ0v) is 15.6. The second-order valence-electron chi connectivity index (χ2n) is 6.56. The molecule has 3 rings (SSSR count). The van der Waals surface area contributed by atoms with Crippen molar-refractivity contribution in [3.63, 3.8) is 0 Å². The van der Waals surface area contributed by atoms with Gasteiger partial charge < -0.3 is 15.3 Å². The number of rotatable bonds is 6. The van der Waals surface area contributed by atoms with Crippen molar-refractivity contribution in [2.24, 2.45) is 15.9 Å². The number of carboxylic acids is 3. The molecule has 0 saturated carbocycles. The molecule has 0 radical (unpaired) electrons. The first-order valence-corrected chi connectivity index (χ1v) is 8.70. The van der Waals surface area contributed by atoms with E-state index in [0.29, 0.717) is 5.56 Å². The zero-order chi connectivity index (χ0) is 22.1. The molecule has 1 aliphatic rings. The quantitative estimate of drug-likeness (QED) is 0.665. The molecular formula is C21H15N3O6. The first kappa shape index (κ1) is 20.4. The van der Waals surface area contributed by atoms with E-state index in [4.69, 9.17) is 0 Å². The van der Waals surface area contributed by atoms with E-state index in [2.05, 4.69) is 9.98 Å². The Hall–Kier alpha value is -4.32. The summed E-state index contributed by atoms with van der Waals surface area (Å²) >= 11 is 0. The molecule has 2 aromatic carbocycles. The molecule has 2 unspecified atom stereocenters. The average molecular weight is 405 g/mol. The highest BCUT2D eigenvalue weighted by Crippen LogP contribution is 2.40. The number of hydrogen-bond acceptors (Lipinski definition) is 6. The van der Waals surface area contributed by atoms with Gasteiger partial charge in [0.1, 0.15) is 5.54 Å². The van der Waals surface area contributed by atoms with Crippen LogP contribution in [0.3, 0.4) is 0 Å². The van der Waals surface area contributed by atoms with Gasteiger partial charge in [0, 0.05) is 17.3 Å². The van der Waals surface area contributed by atoms with E-state index >= 15 is 0 Å². The van der Waals surface area contributed by atoms with Crippen LogP contribution in [0.25, 0.3) is 0 Å². The number of aromatic carboxylic acids is 3. The number of hydrogen-bond donors (Lipinski definition) is 3. The fraction of sp³-hybridized carbons (Fsp3) is 0.143. The number of nitrogens with zero attached hydrogens (tertiary/aromatic N) is 3. The maximum Gasteiger partial charge on any atom is 0.337 e. The maximum atomic E-state index is 12.1. The predicted molar refractivity (Wildman–Crippen MR) is 105 cm³/mol. The maximum absolute atomic E-state index is 12.1. The molecule has 0 saturated heterocycles. The number of carboxylic acid groups (broad SMARTS) is 3. The SMILES string of the molecule is CC(C#N)C1(c2ccc(C(=O)O)c(C(=O)O)c2C(=O)O)C=NC(c2ccccc2)=N1. The van der Waals surface area contributed by atoms with E-state index in [-0.39, 0.29) is 11.4 Å². The summed E-state index contributed by atoms with van der Waals surface area (Å²) in [7, 11) is 0. The van der Waals surface area contributed by atoms with Gasteiger partial charge in [-0.3, -0.25) is 0 Å². The first-order chi connectivity index (χ1) is 14.2. The number of benzene rings is 2. The molecule has 0 aliphatic carbocycles. The van der Waals surface area contributed by atoms with E-state index in [1.807, 2.05) is 6.07 Å². The van der Waals surface area contributed by atoms with Crippen LogP contribution in [0.15, 0.2) is 52.4 Å². The molecule has 3 N–H and O–H groups in total. The van der Waals surface area contributed by atoms with E-state index < -0.39 is 46.1 Å². The van der Waals surface area contributed by atoms with Crippen LogP contribution in [0.1, 0.15) is 49.1 Å². The average Bonchev–Trinajstić information content (AvgIpc) is 3.19. The van der Waals surface area contributed by atoms with Crippen LogP contribution in [0, 0.1) is 17.2 Å². The predicted octanol–water partition coefficient (Wildman–Crippen LogP) is 2.67. The fourth-order valence-corrected chi connectivity index (χ4v) is 3.35. The van der Waals surface area contributed by atoms with Gasteiger partial charge in [0.2, 0.25) is 0 Å². The monoisotopic (exact) mass is 405 g/mol. The highest BCUT2D eigenvalue weighted by molar-refractivity contribution is 6.12. The van der Waals surface area contributed by atoms with Crippen LogP contribution in [0.5, 0.6) is 0 Å².